The second kappa shape index (κ2) is 7.92. The molecule has 0 fully saturated rings. The predicted molar refractivity (Wildman–Crippen MR) is 168 cm³/mol. The number of fused-ring (bicyclic) bond motifs is 10. The Kier molecular flexibility index (Phi) is 4.36. The van der Waals surface area contributed by atoms with Gasteiger partial charge >= 0.3 is 0 Å². The first kappa shape index (κ1) is 22.6. The zero-order valence-electron chi connectivity index (χ0n) is 22.8. The van der Waals surface area contributed by atoms with Gasteiger partial charge in [-0.05, 0) is 64.7 Å². The van der Waals surface area contributed by atoms with E-state index in [1.165, 1.54) is 22.3 Å². The molecule has 0 N–H and O–H groups in total. The first-order valence-electron chi connectivity index (χ1n) is 14.1. The van der Waals surface area contributed by atoms with E-state index in [0.717, 1.165) is 55.2 Å². The summed E-state index contributed by atoms with van der Waals surface area (Å²) >= 11 is 0. The van der Waals surface area contributed by atoms with Crippen LogP contribution < -0.4 is 0 Å². The van der Waals surface area contributed by atoms with Crippen LogP contribution in [0.4, 0.5) is 0 Å². The lowest BCUT2D eigenvalue weighted by Crippen LogP contribution is -2.15. The smallest absolute Gasteiger partial charge is 0.0985 e. The zero-order valence-corrected chi connectivity index (χ0v) is 22.8. The molecule has 0 saturated heterocycles. The average molecular weight is 527 g/mol. The van der Waals surface area contributed by atoms with Crippen molar-refractivity contribution in [3.8, 4) is 22.5 Å². The zero-order chi connectivity index (χ0) is 27.3. The third-order valence-electron chi connectivity index (χ3n) is 9.00. The fourth-order valence-corrected chi connectivity index (χ4v) is 7.14. The molecule has 8 aromatic rings. The van der Waals surface area contributed by atoms with Gasteiger partial charge in [-0.1, -0.05) is 80.6 Å². The van der Waals surface area contributed by atoms with Gasteiger partial charge in [0.15, 0.2) is 0 Å². The molecule has 4 aromatic heterocycles. The van der Waals surface area contributed by atoms with Crippen LogP contribution in [0.3, 0.4) is 0 Å². The van der Waals surface area contributed by atoms with Gasteiger partial charge in [0.25, 0.3) is 0 Å². The fourth-order valence-electron chi connectivity index (χ4n) is 7.14. The van der Waals surface area contributed by atoms with E-state index in [9.17, 15) is 0 Å². The lowest BCUT2D eigenvalue weighted by atomic mass is 9.82. The van der Waals surface area contributed by atoms with Gasteiger partial charge < -0.3 is 9.13 Å². The summed E-state index contributed by atoms with van der Waals surface area (Å²) in [5.41, 5.74) is 13.9. The van der Waals surface area contributed by atoms with Crippen molar-refractivity contribution in [2.45, 2.75) is 19.3 Å². The van der Waals surface area contributed by atoms with Crippen LogP contribution in [0.2, 0.25) is 0 Å². The van der Waals surface area contributed by atoms with Crippen molar-refractivity contribution < 1.29 is 0 Å². The minimum Gasteiger partial charge on any atom is -0.306 e. The third kappa shape index (κ3) is 2.89. The topological polar surface area (TPSA) is 35.6 Å². The van der Waals surface area contributed by atoms with E-state index in [2.05, 4.69) is 126 Å². The number of pyridine rings is 2. The van der Waals surface area contributed by atoms with E-state index in [0.29, 0.717) is 0 Å². The van der Waals surface area contributed by atoms with E-state index in [4.69, 9.17) is 9.97 Å². The molecule has 4 aromatic carbocycles. The van der Waals surface area contributed by atoms with Crippen LogP contribution in [0, 0.1) is 0 Å². The number of nitrogens with zero attached hydrogens (tertiary/aromatic N) is 4. The minimum atomic E-state index is -0.0862. The highest BCUT2D eigenvalue weighted by molar-refractivity contribution is 6.21. The average Bonchev–Trinajstić information content (AvgIpc) is 3.61. The first-order valence-corrected chi connectivity index (χ1v) is 14.1. The van der Waals surface area contributed by atoms with Crippen molar-refractivity contribution in [2.75, 3.05) is 0 Å². The van der Waals surface area contributed by atoms with Crippen LogP contribution >= 0.6 is 0 Å². The van der Waals surface area contributed by atoms with Crippen molar-refractivity contribution in [3.63, 3.8) is 0 Å². The molecule has 0 bridgehead atoms. The van der Waals surface area contributed by atoms with Gasteiger partial charge in [0, 0.05) is 40.0 Å². The van der Waals surface area contributed by atoms with Crippen molar-refractivity contribution in [1.29, 1.82) is 0 Å². The van der Waals surface area contributed by atoms with E-state index in [-0.39, 0.29) is 5.41 Å². The van der Waals surface area contributed by atoms with Crippen LogP contribution in [0.5, 0.6) is 0 Å². The number of para-hydroxylation sites is 2. The molecule has 1 aliphatic carbocycles. The van der Waals surface area contributed by atoms with Crippen LogP contribution in [0.15, 0.2) is 122 Å². The van der Waals surface area contributed by atoms with Crippen molar-refractivity contribution in [1.82, 2.24) is 19.1 Å². The first-order chi connectivity index (χ1) is 20.1. The maximum atomic E-state index is 5.10. The summed E-state index contributed by atoms with van der Waals surface area (Å²) in [6.45, 7) is 4.68. The molecule has 0 spiro atoms. The molecular weight excluding hydrogens is 500 g/mol. The van der Waals surface area contributed by atoms with Crippen LogP contribution in [-0.2, 0) is 5.41 Å². The SMILES string of the molecule is CC1(C)c2ccccc2-c2ccc(-n3c4ccccc4c4ncc5c6ncccc6n(-c6ccccc6)c5c43)cc21. The Morgan fingerprint density at radius 2 is 1.27 bits per heavy atom. The summed E-state index contributed by atoms with van der Waals surface area (Å²) in [5, 5.41) is 2.19. The van der Waals surface area contributed by atoms with Crippen molar-refractivity contribution in [3.05, 3.63) is 133 Å². The largest absolute Gasteiger partial charge is 0.306 e. The Hall–Kier alpha value is -5.22. The Morgan fingerprint density at radius 3 is 2.17 bits per heavy atom. The maximum Gasteiger partial charge on any atom is 0.0985 e. The van der Waals surface area contributed by atoms with E-state index >= 15 is 0 Å². The molecule has 0 radical (unpaired) electrons. The molecule has 0 unspecified atom stereocenters. The summed E-state index contributed by atoms with van der Waals surface area (Å²) < 4.78 is 4.77. The highest BCUT2D eigenvalue weighted by atomic mass is 15.1. The standard InChI is InChI=1S/C37H26N4/c1-37(2)29-15-8-6-13-25(29)26-19-18-24(21-30(26)37)41-31-16-9-7-14-27(31)34-36(41)35-28(22-39-34)33-32(17-10-20-38-33)40(35)23-11-4-3-5-12-23/h3-22H,1-2H3. The lowest BCUT2D eigenvalue weighted by Gasteiger charge is -2.22. The molecule has 1 aliphatic rings. The second-order valence-corrected chi connectivity index (χ2v) is 11.5. The summed E-state index contributed by atoms with van der Waals surface area (Å²) in [4.78, 5) is 9.94. The minimum absolute atomic E-state index is 0.0862. The lowest BCUT2D eigenvalue weighted by molar-refractivity contribution is 0.660. The van der Waals surface area contributed by atoms with E-state index in [1.54, 1.807) is 0 Å². The predicted octanol–water partition coefficient (Wildman–Crippen LogP) is 8.98. The molecule has 0 atom stereocenters. The van der Waals surface area contributed by atoms with E-state index < -0.39 is 0 Å². The van der Waals surface area contributed by atoms with Gasteiger partial charge in [-0.2, -0.15) is 0 Å². The van der Waals surface area contributed by atoms with Gasteiger partial charge in [0.2, 0.25) is 0 Å². The molecule has 41 heavy (non-hydrogen) atoms. The third-order valence-corrected chi connectivity index (χ3v) is 9.00. The summed E-state index contributed by atoms with van der Waals surface area (Å²) in [5.74, 6) is 0. The van der Waals surface area contributed by atoms with Crippen molar-refractivity contribution in [2.24, 2.45) is 0 Å². The molecule has 4 nitrogen and oxygen atoms in total. The summed E-state index contributed by atoms with van der Waals surface area (Å²) in [7, 11) is 0. The Balaban J connectivity index is 1.46. The molecule has 4 heterocycles. The normalized spacial score (nSPS) is 13.8. The van der Waals surface area contributed by atoms with Crippen LogP contribution in [0.1, 0.15) is 25.0 Å². The molecule has 0 aliphatic heterocycles. The quantitative estimate of drug-likeness (QED) is 0.225. The van der Waals surface area contributed by atoms with Gasteiger partial charge in [-0.3, -0.25) is 9.97 Å². The number of rotatable bonds is 2. The second-order valence-electron chi connectivity index (χ2n) is 11.5. The maximum absolute atomic E-state index is 5.10. The van der Waals surface area contributed by atoms with E-state index in [1.807, 2.05) is 18.5 Å². The highest BCUT2D eigenvalue weighted by Gasteiger charge is 2.35. The van der Waals surface area contributed by atoms with Gasteiger partial charge in [-0.25, -0.2) is 0 Å². The van der Waals surface area contributed by atoms with Gasteiger partial charge in [0.1, 0.15) is 0 Å². The van der Waals surface area contributed by atoms with Crippen LogP contribution in [-0.4, -0.2) is 19.1 Å². The number of benzene rings is 4. The van der Waals surface area contributed by atoms with Crippen LogP contribution in [0.25, 0.3) is 66.4 Å². The molecule has 0 amide bonds. The number of hydrogen-bond donors (Lipinski definition) is 0. The Bertz CT molecular complexity index is 2340. The summed E-state index contributed by atoms with van der Waals surface area (Å²) in [6, 6.07) is 39.2. The number of aromatic nitrogens is 4. The fraction of sp³-hybridized carbons (Fsp3) is 0.0811. The molecular formula is C37H26N4. The molecule has 9 rings (SSSR count). The van der Waals surface area contributed by atoms with Gasteiger partial charge in [-0.15, -0.1) is 0 Å². The highest BCUT2D eigenvalue weighted by Crippen LogP contribution is 2.49. The Labute approximate surface area is 237 Å². The van der Waals surface area contributed by atoms with Crippen molar-refractivity contribution >= 4 is 43.9 Å². The van der Waals surface area contributed by atoms with Gasteiger partial charge in [0.05, 0.1) is 33.1 Å². The number of hydrogen-bond acceptors (Lipinski definition) is 2. The molecule has 0 saturated carbocycles. The molecule has 194 valence electrons. The molecule has 4 heteroatoms. The monoisotopic (exact) mass is 526 g/mol. The summed E-state index contributed by atoms with van der Waals surface area (Å²) in [6.07, 6.45) is 3.88. The Morgan fingerprint density at radius 1 is 0.537 bits per heavy atom.